The summed E-state index contributed by atoms with van der Waals surface area (Å²) in [6, 6.07) is 0. The lowest BCUT2D eigenvalue weighted by atomic mass is 15.6. The van der Waals surface area contributed by atoms with Crippen LogP contribution in [0.15, 0.2) is 0 Å². The Bertz CT molecular complexity index is 31.9. The van der Waals surface area contributed by atoms with Crippen molar-refractivity contribution in [2.75, 3.05) is 0 Å². The average molecular weight is 108 g/mol. The highest BCUT2D eigenvalue weighted by Crippen LogP contribution is 1.90. The molecule has 1 N–H and O–H groups in total. The van der Waals surface area contributed by atoms with Gasteiger partial charge in [0, 0.05) is 0 Å². The van der Waals surface area contributed by atoms with Gasteiger partial charge in [-0.3, -0.25) is 0 Å². The summed E-state index contributed by atoms with van der Waals surface area (Å²) in [5.74, 6) is 0. The van der Waals surface area contributed by atoms with Crippen LogP contribution in [0.25, 0.3) is 0 Å². The lowest BCUT2D eigenvalue weighted by molar-refractivity contribution is 0.214. The van der Waals surface area contributed by atoms with Crippen LogP contribution in [0.1, 0.15) is 0 Å². The third-order valence-electron chi connectivity index (χ3n) is 0.421. The van der Waals surface area contributed by atoms with Crippen molar-refractivity contribution in [1.82, 2.24) is 0 Å². The average Bonchev–Trinajstić information content (AvgIpc) is 1.30. The van der Waals surface area contributed by atoms with Gasteiger partial charge in [-0.1, -0.05) is 0 Å². The van der Waals surface area contributed by atoms with Crippen molar-refractivity contribution in [3.63, 3.8) is 0 Å². The zero-order chi connectivity index (χ0) is 3.70. The molecular weight excluding hydrogens is 104 g/mol. The van der Waals surface area contributed by atoms with E-state index < -0.39 is 19.5 Å². The maximum Gasteiger partial charge on any atom is 0.462 e. The minimum Gasteiger partial charge on any atom is -0.401 e. The molecule has 0 unspecified atom stereocenters. The molecule has 0 atom stereocenters. The second-order valence-electron chi connectivity index (χ2n) is 0.758. The van der Waals surface area contributed by atoms with Gasteiger partial charge in [0.25, 0.3) is 10.0 Å². The molecule has 5 heteroatoms. The van der Waals surface area contributed by atoms with Gasteiger partial charge in [-0.25, -0.2) is 0 Å². The predicted molar refractivity (Wildman–Crippen MR) is 20.1 cm³/mol. The molecule has 30 valence electrons. The Kier molecular flexibility index (Phi) is 0.832. The van der Waals surface area contributed by atoms with E-state index in [4.69, 9.17) is 4.80 Å². The number of hydrogen-bond donors (Lipinski definition) is 1. The van der Waals surface area contributed by atoms with Gasteiger partial charge in [0.15, 0.2) is 0 Å². The first-order chi connectivity index (χ1) is 2.39. The fourth-order valence-electron chi connectivity index (χ4n) is 0.129. The summed E-state index contributed by atoms with van der Waals surface area (Å²) in [4.78, 5) is 8.18. The van der Waals surface area contributed by atoms with Crippen molar-refractivity contribution in [2.45, 2.75) is 0 Å². The lowest BCUT2D eigenvalue weighted by Gasteiger charge is -2.17. The molecule has 0 radical (unpaired) electrons. The largest absolute Gasteiger partial charge is 0.462 e. The Morgan fingerprint density at radius 3 is 2.00 bits per heavy atom. The molecule has 0 saturated carbocycles. The molecule has 1 rings (SSSR count). The maximum absolute atomic E-state index is 8.18. The highest BCUT2D eigenvalue weighted by Gasteiger charge is 2.18. The summed E-state index contributed by atoms with van der Waals surface area (Å²) in [5, 5.41) is 0. The van der Waals surface area contributed by atoms with Crippen LogP contribution in [0.2, 0.25) is 0 Å². The molecule has 1 aliphatic rings. The third-order valence-corrected chi connectivity index (χ3v) is 3.79. The first kappa shape index (κ1) is 3.50. The van der Waals surface area contributed by atoms with Gasteiger partial charge in [0.1, 0.15) is 0 Å². The van der Waals surface area contributed by atoms with Crippen LogP contribution in [0.3, 0.4) is 0 Å². The summed E-state index contributed by atoms with van der Waals surface area (Å²) in [6.07, 6.45) is 0. The zero-order valence-corrected chi connectivity index (χ0v) is 5.12. The second kappa shape index (κ2) is 1.19. The molecule has 0 spiro atoms. The highest BCUT2D eigenvalue weighted by atomic mass is 28.5. The Morgan fingerprint density at radius 1 is 1.60 bits per heavy atom. The van der Waals surface area contributed by atoms with Crippen molar-refractivity contribution in [3.8, 4) is 0 Å². The van der Waals surface area contributed by atoms with Crippen LogP contribution >= 0.6 is 0 Å². The monoisotopic (exact) mass is 108 g/mol. The Balaban J connectivity index is 2.08. The Labute approximate surface area is 33.6 Å². The molecule has 1 saturated heterocycles. The minimum atomic E-state index is -1.91. The van der Waals surface area contributed by atoms with Gasteiger partial charge in [-0.05, 0) is 0 Å². The predicted octanol–water partition coefficient (Wildman–Crippen LogP) is -2.26. The van der Waals surface area contributed by atoms with Crippen molar-refractivity contribution in [3.05, 3.63) is 0 Å². The van der Waals surface area contributed by atoms with Gasteiger partial charge in [-0.2, -0.15) is 0 Å². The standard InChI is InChI=1S/H4O3Si2/c1-5-2-4-3-5/h1,5H,4H2. The molecule has 1 heterocycles. The molecular formula is H4O3Si2. The van der Waals surface area contributed by atoms with Gasteiger partial charge in [-0.15, -0.1) is 0 Å². The van der Waals surface area contributed by atoms with Crippen LogP contribution in [0.4, 0.5) is 0 Å². The highest BCUT2D eigenvalue weighted by molar-refractivity contribution is 6.58. The van der Waals surface area contributed by atoms with E-state index in [2.05, 4.69) is 8.23 Å². The van der Waals surface area contributed by atoms with Crippen molar-refractivity contribution >= 4 is 19.5 Å². The fraction of sp³-hybridized carbons (Fsp3) is 0. The molecule has 1 aliphatic heterocycles. The van der Waals surface area contributed by atoms with Gasteiger partial charge in [0.05, 0.1) is 0 Å². The summed E-state index contributed by atoms with van der Waals surface area (Å²) in [7, 11) is -2.54. The number of hydrogen-bond acceptors (Lipinski definition) is 3. The third kappa shape index (κ3) is 0.579. The summed E-state index contributed by atoms with van der Waals surface area (Å²) >= 11 is 0. The summed E-state index contributed by atoms with van der Waals surface area (Å²) < 4.78 is 9.08. The SMILES string of the molecule is O[SiH]1O[SiH2]O1. The van der Waals surface area contributed by atoms with E-state index >= 15 is 0 Å². The number of rotatable bonds is 0. The van der Waals surface area contributed by atoms with Crippen LogP contribution in [-0.2, 0) is 8.23 Å². The van der Waals surface area contributed by atoms with Gasteiger partial charge < -0.3 is 13.0 Å². The quantitative estimate of drug-likeness (QED) is 0.356. The van der Waals surface area contributed by atoms with E-state index in [1.807, 2.05) is 0 Å². The molecule has 0 bridgehead atoms. The van der Waals surface area contributed by atoms with Crippen molar-refractivity contribution < 1.29 is 13.0 Å². The van der Waals surface area contributed by atoms with Crippen molar-refractivity contribution in [1.29, 1.82) is 0 Å². The smallest absolute Gasteiger partial charge is 0.401 e. The molecule has 1 fully saturated rings. The molecule has 0 aromatic carbocycles. The van der Waals surface area contributed by atoms with E-state index in [1.165, 1.54) is 0 Å². The van der Waals surface area contributed by atoms with Gasteiger partial charge >= 0.3 is 9.53 Å². The zero-order valence-electron chi connectivity index (χ0n) is 2.55. The van der Waals surface area contributed by atoms with E-state index in [0.29, 0.717) is 0 Å². The molecule has 0 aromatic heterocycles. The van der Waals surface area contributed by atoms with Crippen LogP contribution < -0.4 is 0 Å². The Morgan fingerprint density at radius 2 is 2.00 bits per heavy atom. The van der Waals surface area contributed by atoms with E-state index in [9.17, 15) is 0 Å². The molecule has 3 nitrogen and oxygen atoms in total. The van der Waals surface area contributed by atoms with Crippen LogP contribution in [-0.4, -0.2) is 24.3 Å². The fourth-order valence-corrected chi connectivity index (χ4v) is 1.16. The normalized spacial score (nSPS) is 41.4. The molecule has 5 heavy (non-hydrogen) atoms. The molecule has 0 amide bonds. The first-order valence-electron chi connectivity index (χ1n) is 1.31. The second-order valence-corrected chi connectivity index (χ2v) is 4.27. The van der Waals surface area contributed by atoms with Crippen LogP contribution in [0.5, 0.6) is 0 Å². The van der Waals surface area contributed by atoms with E-state index in [1.54, 1.807) is 0 Å². The minimum absolute atomic E-state index is 0.631. The van der Waals surface area contributed by atoms with E-state index in [-0.39, 0.29) is 0 Å². The topological polar surface area (TPSA) is 38.7 Å². The van der Waals surface area contributed by atoms with Gasteiger partial charge in [0.2, 0.25) is 0 Å². The van der Waals surface area contributed by atoms with Crippen molar-refractivity contribution in [2.24, 2.45) is 0 Å². The Hall–Kier alpha value is 0.314. The maximum atomic E-state index is 8.18. The molecule has 0 aliphatic carbocycles. The summed E-state index contributed by atoms with van der Waals surface area (Å²) in [5.41, 5.74) is 0. The lowest BCUT2D eigenvalue weighted by Crippen LogP contribution is -2.38. The van der Waals surface area contributed by atoms with Crippen LogP contribution in [0, 0.1) is 0 Å². The summed E-state index contributed by atoms with van der Waals surface area (Å²) in [6.45, 7) is 0. The molecule has 0 aromatic rings. The first-order valence-corrected chi connectivity index (χ1v) is 3.92. The van der Waals surface area contributed by atoms with E-state index in [0.717, 1.165) is 0 Å².